The molecule has 0 aliphatic heterocycles. The van der Waals surface area contributed by atoms with Crippen molar-refractivity contribution in [3.63, 3.8) is 0 Å². The fraction of sp³-hybridized carbons (Fsp3) is 0.143. The van der Waals surface area contributed by atoms with Crippen molar-refractivity contribution in [3.05, 3.63) is 29.8 Å². The smallest absolute Gasteiger partial charge is 0.320 e. The molecule has 0 spiro atoms. The van der Waals surface area contributed by atoms with Crippen LogP contribution in [0, 0.1) is 19.1 Å². The number of benzene rings is 1. The van der Waals surface area contributed by atoms with Crippen LogP contribution in [0.2, 0.25) is 0 Å². The van der Waals surface area contributed by atoms with Gasteiger partial charge < -0.3 is 17.6 Å². The van der Waals surface area contributed by atoms with E-state index in [9.17, 15) is 0 Å². The molecule has 10 heavy (non-hydrogen) atoms. The van der Waals surface area contributed by atoms with E-state index in [-0.39, 0.29) is 78.6 Å². The van der Waals surface area contributed by atoms with E-state index in [1.807, 2.05) is 13.0 Å². The Kier molecular flexibility index (Phi) is 10.6. The van der Waals surface area contributed by atoms with Crippen LogP contribution in [0.1, 0.15) is 5.56 Å². The number of aryl methyl sites for hydroxylation is 1. The predicted molar refractivity (Wildman–Crippen MR) is 34.2 cm³/mol. The average Bonchev–Trinajstić information content (AvgIpc) is 1.64. The minimum atomic E-state index is 0. The molecule has 1 aromatic rings. The number of hydrogen-bond donors (Lipinski definition) is 0. The van der Waals surface area contributed by atoms with Gasteiger partial charge in [0, 0.05) is 20.4 Å². The molecule has 1 aromatic carbocycles. The molecule has 0 bridgehead atoms. The van der Waals surface area contributed by atoms with Crippen LogP contribution >= 0.6 is 0 Å². The van der Waals surface area contributed by atoms with Crippen LogP contribution in [-0.4, -0.2) is 7.85 Å². The Morgan fingerprint density at radius 2 is 2.00 bits per heavy atom. The molecular formula is C7H5BRbRe-. The van der Waals surface area contributed by atoms with Gasteiger partial charge in [-0.2, -0.15) is 0 Å². The molecule has 0 heterocycles. The zero-order valence-corrected chi connectivity index (χ0v) is 13.7. The first-order valence-corrected chi connectivity index (χ1v) is 2.44. The minimum Gasteiger partial charge on any atom is -0.320 e. The molecule has 1 rings (SSSR count). The molecule has 0 nitrogen and oxygen atoms in total. The summed E-state index contributed by atoms with van der Waals surface area (Å²) < 4.78 is 0. The molecule has 0 unspecified atom stereocenters. The van der Waals surface area contributed by atoms with Gasteiger partial charge in [0.1, 0.15) is 0 Å². The van der Waals surface area contributed by atoms with Crippen LogP contribution in [0.3, 0.4) is 0 Å². The van der Waals surface area contributed by atoms with Gasteiger partial charge in [-0.1, -0.05) is 0 Å². The summed E-state index contributed by atoms with van der Waals surface area (Å²) in [5.74, 6) is 0. The molecule has 0 aliphatic rings. The molecule has 0 N–H and O–H groups in total. The standard InChI is InChI=1S/C7H5B.Rb.Re/c1-6-3-2-4-7(8)5-6;;/h3-4H,1H3;;/q-2;+1;. The van der Waals surface area contributed by atoms with E-state index in [4.69, 9.17) is 7.85 Å². The summed E-state index contributed by atoms with van der Waals surface area (Å²) in [4.78, 5) is 0. The van der Waals surface area contributed by atoms with Crippen LogP contribution in [0.4, 0.5) is 0 Å². The van der Waals surface area contributed by atoms with E-state index < -0.39 is 0 Å². The Hall–Kier alpha value is 1.75. The van der Waals surface area contributed by atoms with Crippen LogP contribution in [0.25, 0.3) is 0 Å². The van der Waals surface area contributed by atoms with E-state index in [0.717, 1.165) is 5.56 Å². The van der Waals surface area contributed by atoms with Crippen LogP contribution in [-0.2, 0) is 20.4 Å². The Morgan fingerprint density at radius 3 is 2.30 bits per heavy atom. The van der Waals surface area contributed by atoms with Crippen molar-refractivity contribution in [2.45, 2.75) is 6.92 Å². The summed E-state index contributed by atoms with van der Waals surface area (Å²) >= 11 is 0. The summed E-state index contributed by atoms with van der Waals surface area (Å²) in [7, 11) is 5.37. The molecule has 3 radical (unpaired) electrons. The zero-order chi connectivity index (χ0) is 5.98. The summed E-state index contributed by atoms with van der Waals surface area (Å²) in [6.07, 6.45) is 0. The van der Waals surface area contributed by atoms with Gasteiger partial charge in [-0.15, -0.1) is 6.92 Å². The molecular weight excluding hydrogens is 367 g/mol. The maximum atomic E-state index is 5.37. The summed E-state index contributed by atoms with van der Waals surface area (Å²) in [6, 6.07) is 9.33. The van der Waals surface area contributed by atoms with E-state index in [2.05, 4.69) is 12.1 Å². The quantitative estimate of drug-likeness (QED) is 0.346. The molecule has 0 atom stereocenters. The minimum absolute atomic E-state index is 0. The predicted octanol–water partition coefficient (Wildman–Crippen LogP) is -2.61. The maximum Gasteiger partial charge on any atom is 1.00 e. The third-order valence-electron chi connectivity index (χ3n) is 0.880. The SMILES string of the molecule is [B]c1[c-]c(C)c[c-]c1.[Rb+].[Re]. The fourth-order valence-corrected chi connectivity index (χ4v) is 0.556. The van der Waals surface area contributed by atoms with Gasteiger partial charge in [-0.3, -0.25) is 17.7 Å². The van der Waals surface area contributed by atoms with Gasteiger partial charge in [-0.05, 0) is 7.85 Å². The van der Waals surface area contributed by atoms with Gasteiger partial charge >= 0.3 is 58.2 Å². The van der Waals surface area contributed by atoms with Gasteiger partial charge in [-0.25, -0.2) is 0 Å². The van der Waals surface area contributed by atoms with Crippen molar-refractivity contribution in [2.75, 3.05) is 0 Å². The topological polar surface area (TPSA) is 0 Å². The van der Waals surface area contributed by atoms with Crippen molar-refractivity contribution < 1.29 is 78.6 Å². The second-order valence-electron chi connectivity index (χ2n) is 1.72. The van der Waals surface area contributed by atoms with Gasteiger partial charge in [0.05, 0.1) is 0 Å². The molecule has 0 amide bonds. The first-order chi connectivity index (χ1) is 3.79. The monoisotopic (exact) mass is 372 g/mol. The van der Waals surface area contributed by atoms with Crippen LogP contribution < -0.4 is 63.7 Å². The normalized spacial score (nSPS) is 7.30. The van der Waals surface area contributed by atoms with Crippen molar-refractivity contribution in [2.24, 2.45) is 0 Å². The largest absolute Gasteiger partial charge is 1.00 e. The zero-order valence-electron chi connectivity index (χ0n) is 6.11. The van der Waals surface area contributed by atoms with Crippen molar-refractivity contribution >= 4 is 13.3 Å². The Balaban J connectivity index is 0. The summed E-state index contributed by atoms with van der Waals surface area (Å²) in [6.45, 7) is 1.94. The second kappa shape index (κ2) is 7.40. The molecule has 0 aromatic heterocycles. The van der Waals surface area contributed by atoms with E-state index >= 15 is 0 Å². The van der Waals surface area contributed by atoms with Gasteiger partial charge in [0.15, 0.2) is 0 Å². The van der Waals surface area contributed by atoms with Gasteiger partial charge in [0.25, 0.3) is 0 Å². The first kappa shape index (κ1) is 14.3. The fourth-order valence-electron chi connectivity index (χ4n) is 0.556. The van der Waals surface area contributed by atoms with Crippen molar-refractivity contribution in [1.29, 1.82) is 0 Å². The number of hydrogen-bond acceptors (Lipinski definition) is 0. The molecule has 0 saturated carbocycles. The third-order valence-corrected chi connectivity index (χ3v) is 0.880. The Morgan fingerprint density at radius 1 is 1.40 bits per heavy atom. The van der Waals surface area contributed by atoms with Crippen molar-refractivity contribution in [3.8, 4) is 0 Å². The van der Waals surface area contributed by atoms with Gasteiger partial charge in [0.2, 0.25) is 0 Å². The average molecular weight is 372 g/mol. The summed E-state index contributed by atoms with van der Waals surface area (Å²) in [5, 5.41) is 0. The summed E-state index contributed by atoms with van der Waals surface area (Å²) in [5.41, 5.74) is 1.69. The Bertz CT molecular complexity index is 173. The molecule has 0 saturated heterocycles. The van der Waals surface area contributed by atoms with E-state index in [1.165, 1.54) is 0 Å². The Labute approximate surface area is 126 Å². The third kappa shape index (κ3) is 5.41. The van der Waals surface area contributed by atoms with E-state index in [1.54, 1.807) is 6.07 Å². The maximum absolute atomic E-state index is 5.37. The molecule has 0 aliphatic carbocycles. The molecule has 45 valence electrons. The number of rotatable bonds is 0. The van der Waals surface area contributed by atoms with Crippen molar-refractivity contribution in [1.82, 2.24) is 0 Å². The second-order valence-corrected chi connectivity index (χ2v) is 1.72. The molecule has 3 heteroatoms. The van der Waals surface area contributed by atoms with Crippen LogP contribution in [0.15, 0.2) is 12.1 Å². The molecule has 0 fully saturated rings. The van der Waals surface area contributed by atoms with Crippen LogP contribution in [0.5, 0.6) is 0 Å². The first-order valence-electron chi connectivity index (χ1n) is 2.44. The van der Waals surface area contributed by atoms with E-state index in [0.29, 0.717) is 5.46 Å².